The number of amides is 1. The van der Waals surface area contributed by atoms with Gasteiger partial charge in [-0.15, -0.1) is 0 Å². The summed E-state index contributed by atoms with van der Waals surface area (Å²) in [5.41, 5.74) is 5.26. The molecule has 5 heteroatoms. The third-order valence-corrected chi connectivity index (χ3v) is 1.07. The van der Waals surface area contributed by atoms with Crippen molar-refractivity contribution in [2.75, 3.05) is 20.2 Å². The van der Waals surface area contributed by atoms with Gasteiger partial charge in [-0.2, -0.15) is 0 Å². The van der Waals surface area contributed by atoms with Gasteiger partial charge in [0.2, 0.25) is 0 Å². The highest BCUT2D eigenvalue weighted by Gasteiger charge is 2.08. The Kier molecular flexibility index (Phi) is 3.75. The van der Waals surface area contributed by atoms with Crippen LogP contribution < -0.4 is 5.73 Å². The van der Waals surface area contributed by atoms with Crippen LogP contribution in [0.2, 0.25) is 0 Å². The molecule has 0 aromatic heterocycles. The molecule has 0 heterocycles. The van der Waals surface area contributed by atoms with E-state index in [9.17, 15) is 4.79 Å². The van der Waals surface area contributed by atoms with Crippen LogP contribution >= 0.6 is 0 Å². The zero-order chi connectivity index (χ0) is 8.15. The number of rotatable bonds is 3. The zero-order valence-corrected chi connectivity index (χ0v) is 5.82. The molecule has 0 saturated carbocycles. The van der Waals surface area contributed by atoms with Gasteiger partial charge in [0, 0.05) is 19.6 Å². The van der Waals surface area contributed by atoms with E-state index < -0.39 is 12.1 Å². The molecule has 4 N–H and O–H groups in total. The van der Waals surface area contributed by atoms with Crippen molar-refractivity contribution in [3.63, 3.8) is 0 Å². The Bertz CT molecular complexity index is 117. The highest BCUT2D eigenvalue weighted by atomic mass is 16.4. The van der Waals surface area contributed by atoms with Crippen LogP contribution in [0.1, 0.15) is 0 Å². The SMILES string of the molecule is CN(C[C@@H](N)CO)C(=O)O. The number of likely N-dealkylation sites (N-methyl/N-ethyl adjacent to an activating group) is 1. The highest BCUT2D eigenvalue weighted by Crippen LogP contribution is 1.85. The van der Waals surface area contributed by atoms with Crippen molar-refractivity contribution in [2.45, 2.75) is 6.04 Å². The van der Waals surface area contributed by atoms with Crippen molar-refractivity contribution >= 4 is 6.09 Å². The second kappa shape index (κ2) is 4.08. The third kappa shape index (κ3) is 3.26. The van der Waals surface area contributed by atoms with Gasteiger partial charge in [-0.1, -0.05) is 0 Å². The molecule has 0 radical (unpaired) electrons. The number of nitrogens with two attached hydrogens (primary N) is 1. The average molecular weight is 148 g/mol. The Morgan fingerprint density at radius 1 is 1.80 bits per heavy atom. The fourth-order valence-corrected chi connectivity index (χ4v) is 0.488. The summed E-state index contributed by atoms with van der Waals surface area (Å²) >= 11 is 0. The molecule has 10 heavy (non-hydrogen) atoms. The summed E-state index contributed by atoms with van der Waals surface area (Å²) < 4.78 is 0. The summed E-state index contributed by atoms with van der Waals surface area (Å²) in [6.07, 6.45) is -1.04. The van der Waals surface area contributed by atoms with Gasteiger partial charge in [-0.25, -0.2) is 4.79 Å². The quantitative estimate of drug-likeness (QED) is 0.475. The highest BCUT2D eigenvalue weighted by molar-refractivity contribution is 5.64. The fraction of sp³-hybridized carbons (Fsp3) is 0.800. The number of carbonyl (C=O) groups is 1. The van der Waals surface area contributed by atoms with Gasteiger partial charge in [-0.05, 0) is 0 Å². The molecule has 1 atom stereocenters. The van der Waals surface area contributed by atoms with Gasteiger partial charge >= 0.3 is 6.09 Å². The van der Waals surface area contributed by atoms with E-state index in [1.54, 1.807) is 0 Å². The minimum Gasteiger partial charge on any atom is -0.465 e. The maximum absolute atomic E-state index is 10.1. The molecule has 60 valence electrons. The van der Waals surface area contributed by atoms with Crippen LogP contribution in [0.15, 0.2) is 0 Å². The molecule has 0 aliphatic carbocycles. The van der Waals surface area contributed by atoms with Gasteiger partial charge in [0.1, 0.15) is 0 Å². The van der Waals surface area contributed by atoms with Crippen LogP contribution in [-0.2, 0) is 0 Å². The molecule has 0 bridgehead atoms. The van der Waals surface area contributed by atoms with Crippen molar-refractivity contribution in [1.82, 2.24) is 4.90 Å². The van der Waals surface area contributed by atoms with E-state index in [0.717, 1.165) is 4.90 Å². The standard InChI is InChI=1S/C5H12N2O3/c1-7(5(9)10)2-4(6)3-8/h4,8H,2-3,6H2,1H3,(H,9,10)/t4-/m1/s1. The molecule has 0 spiro atoms. The lowest BCUT2D eigenvalue weighted by atomic mass is 10.3. The summed E-state index contributed by atoms with van der Waals surface area (Å²) in [6, 6.07) is -0.485. The largest absolute Gasteiger partial charge is 0.465 e. The lowest BCUT2D eigenvalue weighted by molar-refractivity contribution is 0.147. The number of aliphatic hydroxyl groups excluding tert-OH is 1. The van der Waals surface area contributed by atoms with E-state index in [2.05, 4.69) is 0 Å². The lowest BCUT2D eigenvalue weighted by Gasteiger charge is -2.16. The van der Waals surface area contributed by atoms with Crippen LogP contribution in [0.5, 0.6) is 0 Å². The molecule has 5 nitrogen and oxygen atoms in total. The average Bonchev–Trinajstić information content (AvgIpc) is 1.87. The van der Waals surface area contributed by atoms with E-state index >= 15 is 0 Å². The molecule has 0 saturated heterocycles. The Morgan fingerprint density at radius 2 is 2.30 bits per heavy atom. The Morgan fingerprint density at radius 3 is 2.60 bits per heavy atom. The first-order valence-electron chi connectivity index (χ1n) is 2.88. The minimum atomic E-state index is -1.04. The van der Waals surface area contributed by atoms with Crippen molar-refractivity contribution in [3.8, 4) is 0 Å². The van der Waals surface area contributed by atoms with Gasteiger partial charge in [0.15, 0.2) is 0 Å². The van der Waals surface area contributed by atoms with Crippen molar-refractivity contribution in [2.24, 2.45) is 5.73 Å². The van der Waals surface area contributed by atoms with Gasteiger partial charge in [0.05, 0.1) is 6.61 Å². The monoisotopic (exact) mass is 148 g/mol. The number of nitrogens with zero attached hydrogens (tertiary/aromatic N) is 1. The topological polar surface area (TPSA) is 86.8 Å². The normalized spacial score (nSPS) is 12.7. The molecular weight excluding hydrogens is 136 g/mol. The number of hydrogen-bond donors (Lipinski definition) is 3. The first kappa shape index (κ1) is 9.19. The number of hydrogen-bond acceptors (Lipinski definition) is 3. The second-order valence-electron chi connectivity index (χ2n) is 2.11. The Hall–Kier alpha value is -0.810. The molecule has 1 amide bonds. The molecule has 0 aromatic carbocycles. The van der Waals surface area contributed by atoms with Gasteiger partial charge in [-0.3, -0.25) is 0 Å². The molecule has 0 aromatic rings. The number of carboxylic acid groups (broad SMARTS) is 1. The van der Waals surface area contributed by atoms with Crippen molar-refractivity contribution in [3.05, 3.63) is 0 Å². The maximum atomic E-state index is 10.1. The van der Waals surface area contributed by atoms with E-state index in [0.29, 0.717) is 0 Å². The first-order valence-corrected chi connectivity index (χ1v) is 2.88. The van der Waals surface area contributed by atoms with Crippen LogP contribution in [0.3, 0.4) is 0 Å². The van der Waals surface area contributed by atoms with Crippen molar-refractivity contribution < 1.29 is 15.0 Å². The van der Waals surface area contributed by atoms with Crippen LogP contribution in [0, 0.1) is 0 Å². The fourth-order valence-electron chi connectivity index (χ4n) is 0.488. The summed E-state index contributed by atoms with van der Waals surface area (Å²) in [5, 5.41) is 16.7. The predicted octanol–water partition coefficient (Wildman–Crippen LogP) is -1.08. The molecule has 0 aliphatic rings. The summed E-state index contributed by atoms with van der Waals surface area (Å²) in [4.78, 5) is 11.2. The summed E-state index contributed by atoms with van der Waals surface area (Å²) in [6.45, 7) is -0.0382. The molecule has 0 aliphatic heterocycles. The Balaban J connectivity index is 3.56. The minimum absolute atomic E-state index is 0.159. The van der Waals surface area contributed by atoms with E-state index in [1.807, 2.05) is 0 Å². The van der Waals surface area contributed by atoms with E-state index in [4.69, 9.17) is 15.9 Å². The molecule has 0 rings (SSSR count). The first-order chi connectivity index (χ1) is 4.57. The molecule has 0 unspecified atom stereocenters. The summed E-state index contributed by atoms with van der Waals surface area (Å²) in [7, 11) is 1.40. The van der Waals surface area contributed by atoms with Crippen LogP contribution in [-0.4, -0.2) is 47.4 Å². The number of aliphatic hydroxyl groups is 1. The Labute approximate surface area is 59.0 Å². The lowest BCUT2D eigenvalue weighted by Crippen LogP contribution is -2.40. The van der Waals surface area contributed by atoms with Gasteiger partial charge < -0.3 is 20.8 Å². The van der Waals surface area contributed by atoms with E-state index in [1.165, 1.54) is 7.05 Å². The maximum Gasteiger partial charge on any atom is 0.407 e. The predicted molar refractivity (Wildman–Crippen MR) is 35.7 cm³/mol. The van der Waals surface area contributed by atoms with E-state index in [-0.39, 0.29) is 13.2 Å². The molecule has 0 fully saturated rings. The molecular formula is C5H12N2O3. The zero-order valence-electron chi connectivity index (χ0n) is 5.82. The van der Waals surface area contributed by atoms with Crippen molar-refractivity contribution in [1.29, 1.82) is 0 Å². The summed E-state index contributed by atoms with van der Waals surface area (Å²) in [5.74, 6) is 0. The smallest absolute Gasteiger partial charge is 0.407 e. The second-order valence-corrected chi connectivity index (χ2v) is 2.11. The van der Waals surface area contributed by atoms with Crippen LogP contribution in [0.25, 0.3) is 0 Å². The van der Waals surface area contributed by atoms with Gasteiger partial charge in [0.25, 0.3) is 0 Å². The third-order valence-electron chi connectivity index (χ3n) is 1.07. The van der Waals surface area contributed by atoms with Crippen LogP contribution in [0.4, 0.5) is 4.79 Å².